The highest BCUT2D eigenvalue weighted by Crippen LogP contribution is 2.60. The van der Waals surface area contributed by atoms with Crippen LogP contribution in [-0.2, 0) is 23.4 Å². The van der Waals surface area contributed by atoms with E-state index >= 15 is 13.2 Å². The fourth-order valence-electron chi connectivity index (χ4n) is 12.0. The molecule has 4 aliphatic rings. The molecule has 2 nitrogen and oxygen atoms in total. The van der Waals surface area contributed by atoms with Crippen LogP contribution in [-0.4, -0.2) is 0 Å². The molecule has 0 saturated heterocycles. The van der Waals surface area contributed by atoms with Gasteiger partial charge in [-0.15, -0.1) is 0 Å². The smallest absolute Gasteiger partial charge is 0.398 e. The van der Waals surface area contributed by atoms with Crippen molar-refractivity contribution in [2.24, 2.45) is 5.92 Å². The maximum atomic E-state index is 15.4. The van der Waals surface area contributed by atoms with E-state index in [9.17, 15) is 5.26 Å². The summed E-state index contributed by atoms with van der Waals surface area (Å²) in [6.45, 7) is 11.1. The van der Waals surface area contributed by atoms with E-state index in [1.165, 1.54) is 56.6 Å². The molecule has 0 radical (unpaired) electrons. The third-order valence-corrected chi connectivity index (χ3v) is 15.1. The Labute approximate surface area is 373 Å². The van der Waals surface area contributed by atoms with Gasteiger partial charge < -0.3 is 5.73 Å². The average molecular weight is 841 g/mol. The van der Waals surface area contributed by atoms with Gasteiger partial charge in [0, 0.05) is 33.9 Å². The van der Waals surface area contributed by atoms with Crippen molar-refractivity contribution < 1.29 is 13.2 Å². The highest BCUT2D eigenvalue weighted by atomic mass is 19.4. The molecule has 4 aliphatic carbocycles. The van der Waals surface area contributed by atoms with E-state index in [0.29, 0.717) is 16.8 Å². The molecule has 0 heterocycles. The number of fused-ring (bicyclic) bond motifs is 9. The number of nitrogen functional groups attached to an aromatic ring is 1. The third kappa shape index (κ3) is 5.71. The van der Waals surface area contributed by atoms with Gasteiger partial charge >= 0.3 is 6.18 Å². The van der Waals surface area contributed by atoms with Gasteiger partial charge in [0.2, 0.25) is 0 Å². The van der Waals surface area contributed by atoms with Gasteiger partial charge in [-0.25, -0.2) is 0 Å². The number of allylic oxidation sites excluding steroid dienone is 4. The summed E-state index contributed by atoms with van der Waals surface area (Å²) in [5, 5.41) is 11.5. The molecule has 64 heavy (non-hydrogen) atoms. The number of aryl methyl sites for hydroxylation is 1. The van der Waals surface area contributed by atoms with Crippen LogP contribution in [0, 0.1) is 24.2 Å². The van der Waals surface area contributed by atoms with E-state index in [0.717, 1.165) is 39.4 Å². The van der Waals surface area contributed by atoms with Gasteiger partial charge in [-0.2, -0.15) is 18.4 Å². The molecule has 0 amide bonds. The molecule has 7 aromatic carbocycles. The first-order valence-corrected chi connectivity index (χ1v) is 22.2. The Balaban J connectivity index is 1.18. The molecule has 3 atom stereocenters. The zero-order valence-electron chi connectivity index (χ0n) is 36.5. The normalized spacial score (nSPS) is 19.0. The second-order valence-corrected chi connectivity index (χ2v) is 19.2. The summed E-state index contributed by atoms with van der Waals surface area (Å²) < 4.78 is 46.1. The van der Waals surface area contributed by atoms with Crippen LogP contribution in [0.1, 0.15) is 106 Å². The predicted molar refractivity (Wildman–Crippen MR) is 253 cm³/mol. The number of halogens is 3. The highest BCUT2D eigenvalue weighted by molar-refractivity contribution is 5.89. The Hall–Kier alpha value is -6.90. The number of nitriles is 1. The minimum Gasteiger partial charge on any atom is -0.398 e. The predicted octanol–water partition coefficient (Wildman–Crippen LogP) is 15.0. The summed E-state index contributed by atoms with van der Waals surface area (Å²) in [4.78, 5) is 0. The lowest BCUT2D eigenvalue weighted by molar-refractivity contribution is -0.137. The lowest BCUT2D eigenvalue weighted by Gasteiger charge is -2.29. The summed E-state index contributed by atoms with van der Waals surface area (Å²) in [7, 11) is 0. The van der Waals surface area contributed by atoms with Crippen molar-refractivity contribution in [3.8, 4) is 50.6 Å². The van der Waals surface area contributed by atoms with Crippen LogP contribution in [0.3, 0.4) is 0 Å². The lowest BCUT2D eigenvalue weighted by atomic mass is 9.74. The molecule has 3 unspecified atom stereocenters. The first kappa shape index (κ1) is 39.9. The highest BCUT2D eigenvalue weighted by Gasteiger charge is 2.46. The Morgan fingerprint density at radius 1 is 0.594 bits per heavy atom. The quantitative estimate of drug-likeness (QED) is 0.176. The molecular weight excluding hydrogens is 794 g/mol. The number of hydrogen-bond donors (Lipinski definition) is 1. The zero-order chi connectivity index (χ0) is 44.4. The molecule has 314 valence electrons. The fourth-order valence-corrected chi connectivity index (χ4v) is 12.0. The topological polar surface area (TPSA) is 49.8 Å². The summed E-state index contributed by atoms with van der Waals surface area (Å²) in [6, 6.07) is 44.6. The molecule has 2 N–H and O–H groups in total. The monoisotopic (exact) mass is 840 g/mol. The van der Waals surface area contributed by atoms with Crippen LogP contribution in [0.5, 0.6) is 0 Å². The maximum absolute atomic E-state index is 15.4. The molecule has 0 spiro atoms. The van der Waals surface area contributed by atoms with Crippen LogP contribution < -0.4 is 5.73 Å². The first-order valence-electron chi connectivity index (χ1n) is 22.2. The minimum absolute atomic E-state index is 0.0305. The van der Waals surface area contributed by atoms with Crippen LogP contribution in [0.15, 0.2) is 152 Å². The van der Waals surface area contributed by atoms with Crippen LogP contribution in [0.25, 0.3) is 44.5 Å². The van der Waals surface area contributed by atoms with Crippen LogP contribution >= 0.6 is 0 Å². The van der Waals surface area contributed by atoms with Gasteiger partial charge in [0.05, 0.1) is 11.1 Å². The van der Waals surface area contributed by atoms with Crippen molar-refractivity contribution in [1.29, 1.82) is 5.26 Å². The standard InChI is InChI=1S/C59H47F3N2/c1-33-16-6-7-17-36(33)42-29-44-38-19-10-13-23-48(38)57(2,3)51(44)27-34(42)26-35-28-53(64)56(55(47(35)32-63)41-22-12-15-25-50(41)59(60,61)62)54-40-21-9-8-18-37(40)43-30-45-39-20-11-14-24-49(39)58(4,5)52(45)31-46(43)54/h6-25,27-31,37,40,54H,26,64H2,1-5H3. The van der Waals surface area contributed by atoms with Crippen molar-refractivity contribution in [3.05, 3.63) is 218 Å². The summed E-state index contributed by atoms with van der Waals surface area (Å²) in [5.74, 6) is -0.590. The SMILES string of the molecule is Cc1ccccc1-c1cc2c(cc1Cc1cc(N)c(C3c4cc5c(cc4C4C=CC=CC43)-c3ccccc3C5(C)C)c(-c3ccccc3C(F)(F)F)c1C#N)C(C)(C)c1ccccc1-2. The van der Waals surface area contributed by atoms with Crippen molar-refractivity contribution in [2.75, 3.05) is 5.73 Å². The molecule has 0 aliphatic heterocycles. The first-order chi connectivity index (χ1) is 30.7. The number of hydrogen-bond acceptors (Lipinski definition) is 2. The van der Waals surface area contributed by atoms with Crippen LogP contribution in [0.2, 0.25) is 0 Å². The second-order valence-electron chi connectivity index (χ2n) is 19.2. The number of nitrogens with two attached hydrogens (primary N) is 1. The number of rotatable bonds is 5. The van der Waals surface area contributed by atoms with E-state index in [4.69, 9.17) is 5.73 Å². The number of alkyl halides is 3. The van der Waals surface area contributed by atoms with Crippen molar-refractivity contribution >= 4 is 5.69 Å². The van der Waals surface area contributed by atoms with E-state index < -0.39 is 17.7 Å². The van der Waals surface area contributed by atoms with Gasteiger partial charge in [0.25, 0.3) is 0 Å². The summed E-state index contributed by atoms with van der Waals surface area (Å²) in [6.07, 6.45) is 4.08. The molecular formula is C59H47F3N2. The molecule has 0 bridgehead atoms. The minimum atomic E-state index is -4.69. The van der Waals surface area contributed by atoms with Gasteiger partial charge in [0.1, 0.15) is 6.07 Å². The Morgan fingerprint density at radius 2 is 1.17 bits per heavy atom. The van der Waals surface area contributed by atoms with E-state index in [-0.39, 0.29) is 45.8 Å². The number of anilines is 1. The zero-order valence-corrected chi connectivity index (χ0v) is 36.5. The van der Waals surface area contributed by atoms with Crippen molar-refractivity contribution in [2.45, 2.75) is 69.9 Å². The van der Waals surface area contributed by atoms with Crippen molar-refractivity contribution in [3.63, 3.8) is 0 Å². The third-order valence-electron chi connectivity index (χ3n) is 15.1. The molecule has 0 fully saturated rings. The van der Waals surface area contributed by atoms with Crippen molar-refractivity contribution in [1.82, 2.24) is 0 Å². The van der Waals surface area contributed by atoms with Crippen LogP contribution in [0.4, 0.5) is 18.9 Å². The maximum Gasteiger partial charge on any atom is 0.417 e. The van der Waals surface area contributed by atoms with Gasteiger partial charge in [-0.1, -0.05) is 155 Å². The number of benzene rings is 7. The molecule has 0 saturated carbocycles. The molecule has 0 aromatic heterocycles. The van der Waals surface area contributed by atoms with E-state index in [1.807, 2.05) is 24.3 Å². The van der Waals surface area contributed by atoms with Gasteiger partial charge in [-0.3, -0.25) is 0 Å². The largest absolute Gasteiger partial charge is 0.417 e. The molecule has 5 heteroatoms. The lowest BCUT2D eigenvalue weighted by Crippen LogP contribution is -2.18. The molecule has 11 rings (SSSR count). The molecule has 7 aromatic rings. The van der Waals surface area contributed by atoms with E-state index in [2.05, 4.69) is 144 Å². The Bertz CT molecular complexity index is 3240. The Kier molecular flexibility index (Phi) is 8.76. The summed E-state index contributed by atoms with van der Waals surface area (Å²) in [5.41, 5.74) is 24.0. The van der Waals surface area contributed by atoms with Gasteiger partial charge in [-0.05, 0) is 138 Å². The number of nitrogens with zero attached hydrogens (tertiary/aromatic N) is 1. The fraction of sp³-hybridized carbons (Fsp3) is 0.203. The summed E-state index contributed by atoms with van der Waals surface area (Å²) >= 11 is 0. The average Bonchev–Trinajstić information content (AvgIpc) is 3.81. The van der Waals surface area contributed by atoms with Gasteiger partial charge in [0.15, 0.2) is 0 Å². The second kappa shape index (κ2) is 14.1. The van der Waals surface area contributed by atoms with E-state index in [1.54, 1.807) is 6.07 Å². The Morgan fingerprint density at radius 3 is 1.83 bits per heavy atom.